The van der Waals surface area contributed by atoms with Crippen LogP contribution in [0.4, 0.5) is 0 Å². The highest BCUT2D eigenvalue weighted by molar-refractivity contribution is 5.88. The lowest BCUT2D eigenvalue weighted by Crippen LogP contribution is -2.51. The zero-order chi connectivity index (χ0) is 12.3. The Kier molecular flexibility index (Phi) is 4.51. The molecule has 0 saturated carbocycles. The van der Waals surface area contributed by atoms with Gasteiger partial charge in [-0.15, -0.1) is 0 Å². The molecule has 3 nitrogen and oxygen atoms in total. The number of rotatable bonds is 4. The predicted molar refractivity (Wildman–Crippen MR) is 65.3 cm³/mol. The quantitative estimate of drug-likeness (QED) is 0.794. The van der Waals surface area contributed by atoms with Gasteiger partial charge < -0.3 is 10.0 Å². The highest BCUT2D eigenvalue weighted by Gasteiger charge is 2.39. The van der Waals surface area contributed by atoms with Crippen molar-refractivity contribution in [3.8, 4) is 0 Å². The predicted octanol–water partition coefficient (Wildman–Crippen LogP) is 1.69. The second-order valence-corrected chi connectivity index (χ2v) is 5.74. The summed E-state index contributed by atoms with van der Waals surface area (Å²) in [5.41, 5.74) is -1.05. The number of carbonyl (C=O) groups excluding carboxylic acids is 1. The maximum absolute atomic E-state index is 11.9. The van der Waals surface area contributed by atoms with Gasteiger partial charge in [0.1, 0.15) is 5.60 Å². The first-order valence-electron chi connectivity index (χ1n) is 6.34. The Morgan fingerprint density at radius 2 is 1.75 bits per heavy atom. The number of aliphatic hydroxyl groups is 1. The smallest absolute Gasteiger partial charge is 0.166 e. The molecule has 94 valence electrons. The average molecular weight is 227 g/mol. The summed E-state index contributed by atoms with van der Waals surface area (Å²) in [5, 5.41) is 10.3. The maximum atomic E-state index is 11.9. The fraction of sp³-hybridized carbons (Fsp3) is 0.923. The number of hydrogen-bond acceptors (Lipinski definition) is 3. The van der Waals surface area contributed by atoms with Crippen LogP contribution in [0.5, 0.6) is 0 Å². The van der Waals surface area contributed by atoms with Crippen molar-refractivity contribution in [1.29, 1.82) is 0 Å². The number of likely N-dealkylation sites (tertiary alicyclic amines) is 1. The van der Waals surface area contributed by atoms with Crippen molar-refractivity contribution in [1.82, 2.24) is 4.90 Å². The molecule has 1 saturated heterocycles. The van der Waals surface area contributed by atoms with Crippen LogP contribution in [0.15, 0.2) is 0 Å². The van der Waals surface area contributed by atoms with Gasteiger partial charge in [0.05, 0.1) is 0 Å². The molecule has 0 aromatic heterocycles. The number of piperidine rings is 1. The molecular formula is C13H25NO2. The first-order valence-corrected chi connectivity index (χ1v) is 6.34. The minimum absolute atomic E-state index is 0.0108. The summed E-state index contributed by atoms with van der Waals surface area (Å²) < 4.78 is 0. The van der Waals surface area contributed by atoms with E-state index in [4.69, 9.17) is 0 Å². The van der Waals surface area contributed by atoms with Crippen molar-refractivity contribution in [2.75, 3.05) is 19.6 Å². The molecule has 0 radical (unpaired) electrons. The van der Waals surface area contributed by atoms with Crippen molar-refractivity contribution in [2.24, 2.45) is 11.8 Å². The molecule has 0 aromatic carbocycles. The summed E-state index contributed by atoms with van der Waals surface area (Å²) in [6, 6.07) is 0. The third kappa shape index (κ3) is 3.29. The third-order valence-corrected chi connectivity index (χ3v) is 3.29. The van der Waals surface area contributed by atoms with Crippen LogP contribution >= 0.6 is 0 Å². The fourth-order valence-corrected chi connectivity index (χ4v) is 2.41. The van der Waals surface area contributed by atoms with Gasteiger partial charge in [-0.2, -0.15) is 0 Å². The molecule has 3 heteroatoms. The van der Waals surface area contributed by atoms with Crippen LogP contribution < -0.4 is 0 Å². The zero-order valence-corrected chi connectivity index (χ0v) is 11.0. The molecule has 0 unspecified atom stereocenters. The van der Waals surface area contributed by atoms with Crippen molar-refractivity contribution in [2.45, 2.75) is 46.1 Å². The van der Waals surface area contributed by atoms with E-state index in [9.17, 15) is 9.90 Å². The highest BCUT2D eigenvalue weighted by atomic mass is 16.3. The minimum Gasteiger partial charge on any atom is -0.382 e. The van der Waals surface area contributed by atoms with Crippen LogP contribution in [0, 0.1) is 11.8 Å². The number of carbonyl (C=O) groups is 1. The first-order chi connectivity index (χ1) is 7.35. The van der Waals surface area contributed by atoms with E-state index in [1.165, 1.54) is 0 Å². The van der Waals surface area contributed by atoms with Crippen LogP contribution in [0.25, 0.3) is 0 Å². The number of nitrogens with zero attached hydrogens (tertiary/aromatic N) is 1. The van der Waals surface area contributed by atoms with E-state index in [1.807, 2.05) is 13.8 Å². The lowest BCUT2D eigenvalue weighted by molar-refractivity contribution is -0.145. The molecule has 0 aromatic rings. The molecule has 1 aliphatic heterocycles. The van der Waals surface area contributed by atoms with E-state index in [0.717, 1.165) is 19.6 Å². The van der Waals surface area contributed by atoms with Gasteiger partial charge in [-0.25, -0.2) is 0 Å². The van der Waals surface area contributed by atoms with E-state index in [2.05, 4.69) is 18.7 Å². The standard InChI is InChI=1S/C13H25NO2/c1-10(2)9-14-7-5-13(16,6-8-14)12(15)11(3)4/h10-11,16H,5-9H2,1-4H3. The van der Waals surface area contributed by atoms with Gasteiger partial charge in [0, 0.05) is 25.6 Å². The maximum Gasteiger partial charge on any atom is 0.166 e. The molecule has 1 N–H and O–H groups in total. The van der Waals surface area contributed by atoms with Crippen LogP contribution in [0.1, 0.15) is 40.5 Å². The summed E-state index contributed by atoms with van der Waals surface area (Å²) in [6.45, 7) is 10.9. The van der Waals surface area contributed by atoms with Gasteiger partial charge in [0.15, 0.2) is 5.78 Å². The lowest BCUT2D eigenvalue weighted by Gasteiger charge is -2.38. The third-order valence-electron chi connectivity index (χ3n) is 3.29. The van der Waals surface area contributed by atoms with E-state index in [1.54, 1.807) is 0 Å². The molecule has 16 heavy (non-hydrogen) atoms. The van der Waals surface area contributed by atoms with E-state index in [0.29, 0.717) is 18.8 Å². The van der Waals surface area contributed by atoms with Crippen LogP contribution in [0.3, 0.4) is 0 Å². The molecule has 1 aliphatic rings. The summed E-state index contributed by atoms with van der Waals surface area (Å²) >= 11 is 0. The molecule has 1 fully saturated rings. The van der Waals surface area contributed by atoms with E-state index in [-0.39, 0.29) is 11.7 Å². The monoisotopic (exact) mass is 227 g/mol. The SMILES string of the molecule is CC(C)CN1CCC(O)(C(=O)C(C)C)CC1. The Morgan fingerprint density at radius 3 is 2.12 bits per heavy atom. The molecule has 1 rings (SSSR count). The Labute approximate surface area is 98.8 Å². The minimum atomic E-state index is -1.05. The summed E-state index contributed by atoms with van der Waals surface area (Å²) in [6.07, 6.45) is 1.19. The molecule has 0 atom stereocenters. The second-order valence-electron chi connectivity index (χ2n) is 5.74. The number of ketones is 1. The van der Waals surface area contributed by atoms with Gasteiger partial charge >= 0.3 is 0 Å². The highest BCUT2D eigenvalue weighted by Crippen LogP contribution is 2.26. The first kappa shape index (κ1) is 13.7. The molecule has 0 spiro atoms. The van der Waals surface area contributed by atoms with E-state index < -0.39 is 5.60 Å². The van der Waals surface area contributed by atoms with Crippen LogP contribution in [-0.4, -0.2) is 41.0 Å². The van der Waals surface area contributed by atoms with Gasteiger partial charge in [0.2, 0.25) is 0 Å². The van der Waals surface area contributed by atoms with Crippen molar-refractivity contribution >= 4 is 5.78 Å². The Balaban J connectivity index is 2.50. The van der Waals surface area contributed by atoms with Crippen molar-refractivity contribution in [3.63, 3.8) is 0 Å². The average Bonchev–Trinajstić information content (AvgIpc) is 2.20. The molecule has 0 bridgehead atoms. The summed E-state index contributed by atoms with van der Waals surface area (Å²) in [5.74, 6) is 0.588. The normalized spacial score (nSPS) is 21.7. The lowest BCUT2D eigenvalue weighted by atomic mass is 9.82. The molecule has 0 amide bonds. The van der Waals surface area contributed by atoms with E-state index >= 15 is 0 Å². The number of Topliss-reactive ketones (excluding diaryl/α,β-unsaturated/α-hetero) is 1. The van der Waals surface area contributed by atoms with Gasteiger partial charge in [-0.3, -0.25) is 4.79 Å². The van der Waals surface area contributed by atoms with Crippen molar-refractivity contribution in [3.05, 3.63) is 0 Å². The topological polar surface area (TPSA) is 40.5 Å². The van der Waals surface area contributed by atoms with Crippen LogP contribution in [-0.2, 0) is 4.79 Å². The Morgan fingerprint density at radius 1 is 1.25 bits per heavy atom. The Hall–Kier alpha value is -0.410. The summed E-state index contributed by atoms with van der Waals surface area (Å²) in [7, 11) is 0. The fourth-order valence-electron chi connectivity index (χ4n) is 2.41. The molecular weight excluding hydrogens is 202 g/mol. The largest absolute Gasteiger partial charge is 0.382 e. The molecule has 0 aliphatic carbocycles. The van der Waals surface area contributed by atoms with Gasteiger partial charge in [-0.05, 0) is 18.8 Å². The van der Waals surface area contributed by atoms with Gasteiger partial charge in [-0.1, -0.05) is 27.7 Å². The summed E-state index contributed by atoms with van der Waals surface area (Å²) in [4.78, 5) is 14.2. The van der Waals surface area contributed by atoms with Gasteiger partial charge in [0.25, 0.3) is 0 Å². The number of hydrogen-bond donors (Lipinski definition) is 1. The second kappa shape index (κ2) is 5.28. The van der Waals surface area contributed by atoms with Crippen LogP contribution in [0.2, 0.25) is 0 Å². The molecule has 1 heterocycles. The zero-order valence-electron chi connectivity index (χ0n) is 11.0. The Bertz CT molecular complexity index is 240. The van der Waals surface area contributed by atoms with Crippen molar-refractivity contribution < 1.29 is 9.90 Å².